The topological polar surface area (TPSA) is 38.9 Å². The summed E-state index contributed by atoms with van der Waals surface area (Å²) < 4.78 is 0. The van der Waals surface area contributed by atoms with Crippen molar-refractivity contribution in [2.45, 2.75) is 69.2 Å². The number of nitrogens with two attached hydrogens (primary N) is 1. The van der Waals surface area contributed by atoms with Gasteiger partial charge in [-0.25, -0.2) is 4.98 Å². The Morgan fingerprint density at radius 1 is 1.12 bits per heavy atom. The lowest BCUT2D eigenvalue weighted by atomic mass is 9.83. The molecule has 2 fully saturated rings. The maximum atomic E-state index is 6.54. The van der Waals surface area contributed by atoms with Crippen LogP contribution in [-0.4, -0.2) is 4.98 Å². The average Bonchev–Trinajstić information content (AvgIpc) is 3.01. The van der Waals surface area contributed by atoms with Gasteiger partial charge in [0.1, 0.15) is 5.01 Å². The van der Waals surface area contributed by atoms with Gasteiger partial charge in [0.2, 0.25) is 0 Å². The van der Waals surface area contributed by atoms with E-state index in [2.05, 4.69) is 5.38 Å². The first kappa shape index (κ1) is 11.7. The zero-order chi connectivity index (χ0) is 11.7. The Labute approximate surface area is 108 Å². The first-order chi connectivity index (χ1) is 8.28. The van der Waals surface area contributed by atoms with E-state index in [1.807, 2.05) is 0 Å². The molecule has 0 spiro atoms. The minimum absolute atomic E-state index is 0.0974. The molecule has 17 heavy (non-hydrogen) atoms. The maximum Gasteiger partial charge on any atom is 0.113 e. The van der Waals surface area contributed by atoms with E-state index in [1.54, 1.807) is 11.3 Å². The summed E-state index contributed by atoms with van der Waals surface area (Å²) in [6.45, 7) is 0. The van der Waals surface area contributed by atoms with Crippen molar-refractivity contribution >= 4 is 11.3 Å². The zero-order valence-corrected chi connectivity index (χ0v) is 11.3. The van der Waals surface area contributed by atoms with Crippen LogP contribution in [0.5, 0.6) is 0 Å². The third-order valence-electron chi connectivity index (χ3n) is 4.47. The Morgan fingerprint density at radius 3 is 2.53 bits per heavy atom. The maximum absolute atomic E-state index is 6.54. The van der Waals surface area contributed by atoms with Crippen molar-refractivity contribution in [2.24, 2.45) is 5.73 Å². The van der Waals surface area contributed by atoms with Gasteiger partial charge in [0.05, 0.1) is 11.2 Å². The van der Waals surface area contributed by atoms with Gasteiger partial charge in [-0.05, 0) is 25.7 Å². The van der Waals surface area contributed by atoms with Gasteiger partial charge >= 0.3 is 0 Å². The fourth-order valence-electron chi connectivity index (χ4n) is 3.32. The smallest absolute Gasteiger partial charge is 0.113 e. The molecule has 0 aliphatic heterocycles. The van der Waals surface area contributed by atoms with Crippen molar-refractivity contribution in [3.63, 3.8) is 0 Å². The van der Waals surface area contributed by atoms with Crippen LogP contribution < -0.4 is 5.73 Å². The molecule has 3 heteroatoms. The monoisotopic (exact) mass is 250 g/mol. The Morgan fingerprint density at radius 2 is 1.82 bits per heavy atom. The highest BCUT2D eigenvalue weighted by molar-refractivity contribution is 7.09. The van der Waals surface area contributed by atoms with Crippen LogP contribution in [0, 0.1) is 0 Å². The van der Waals surface area contributed by atoms with Gasteiger partial charge in [0.25, 0.3) is 0 Å². The first-order valence-electron chi connectivity index (χ1n) is 7.03. The first-order valence-corrected chi connectivity index (χ1v) is 7.91. The number of rotatable bonds is 2. The van der Waals surface area contributed by atoms with Crippen LogP contribution >= 0.6 is 11.3 Å². The van der Waals surface area contributed by atoms with Gasteiger partial charge in [-0.2, -0.15) is 0 Å². The number of aromatic nitrogens is 1. The molecule has 0 atom stereocenters. The molecule has 3 rings (SSSR count). The molecule has 0 unspecified atom stereocenters. The fraction of sp³-hybridized carbons (Fsp3) is 0.786. The van der Waals surface area contributed by atoms with E-state index in [1.165, 1.54) is 55.6 Å². The SMILES string of the molecule is NC1(c2nc(C3CCCC3)cs2)CCCCC1. The van der Waals surface area contributed by atoms with Crippen molar-refractivity contribution in [3.05, 3.63) is 16.1 Å². The van der Waals surface area contributed by atoms with Crippen molar-refractivity contribution in [2.75, 3.05) is 0 Å². The molecule has 2 N–H and O–H groups in total. The third-order valence-corrected chi connectivity index (χ3v) is 5.55. The molecular formula is C14H22N2S. The molecule has 0 saturated heterocycles. The molecule has 1 aromatic heterocycles. The minimum atomic E-state index is -0.0974. The third kappa shape index (κ3) is 2.27. The number of thiazole rings is 1. The van der Waals surface area contributed by atoms with Crippen molar-refractivity contribution in [1.82, 2.24) is 4.98 Å². The lowest BCUT2D eigenvalue weighted by molar-refractivity contribution is 0.301. The summed E-state index contributed by atoms with van der Waals surface area (Å²) in [5.41, 5.74) is 7.77. The van der Waals surface area contributed by atoms with Gasteiger partial charge in [0.15, 0.2) is 0 Å². The van der Waals surface area contributed by atoms with Gasteiger partial charge in [-0.3, -0.25) is 0 Å². The molecule has 94 valence electrons. The largest absolute Gasteiger partial charge is 0.319 e. The number of hydrogen-bond acceptors (Lipinski definition) is 3. The molecule has 1 aromatic rings. The second kappa shape index (κ2) is 4.69. The summed E-state index contributed by atoms with van der Waals surface area (Å²) in [4.78, 5) is 4.88. The van der Waals surface area contributed by atoms with Crippen LogP contribution in [0.4, 0.5) is 0 Å². The summed E-state index contributed by atoms with van der Waals surface area (Å²) in [7, 11) is 0. The second-order valence-corrected chi connectivity index (χ2v) is 6.63. The van der Waals surface area contributed by atoms with Crippen molar-refractivity contribution < 1.29 is 0 Å². The van der Waals surface area contributed by atoms with Crippen LogP contribution in [0.2, 0.25) is 0 Å². The number of nitrogens with zero attached hydrogens (tertiary/aromatic N) is 1. The molecule has 0 bridgehead atoms. The van der Waals surface area contributed by atoms with Gasteiger partial charge < -0.3 is 5.73 Å². The van der Waals surface area contributed by atoms with Crippen LogP contribution in [0.1, 0.15) is 74.4 Å². The van der Waals surface area contributed by atoms with Crippen LogP contribution in [0.25, 0.3) is 0 Å². The van der Waals surface area contributed by atoms with E-state index in [-0.39, 0.29) is 5.54 Å². The summed E-state index contributed by atoms with van der Waals surface area (Å²) in [6.07, 6.45) is 11.6. The van der Waals surface area contributed by atoms with Gasteiger partial charge in [-0.1, -0.05) is 32.1 Å². The summed E-state index contributed by atoms with van der Waals surface area (Å²) >= 11 is 1.81. The Hall–Kier alpha value is -0.410. The summed E-state index contributed by atoms with van der Waals surface area (Å²) in [5, 5.41) is 3.48. The summed E-state index contributed by atoms with van der Waals surface area (Å²) in [6, 6.07) is 0. The quantitative estimate of drug-likeness (QED) is 0.864. The zero-order valence-electron chi connectivity index (χ0n) is 10.5. The van der Waals surface area contributed by atoms with E-state index < -0.39 is 0 Å². The van der Waals surface area contributed by atoms with Crippen molar-refractivity contribution in [1.29, 1.82) is 0 Å². The molecular weight excluding hydrogens is 228 g/mol. The lowest BCUT2D eigenvalue weighted by Crippen LogP contribution is -2.38. The van der Waals surface area contributed by atoms with Gasteiger partial charge in [-0.15, -0.1) is 11.3 Å². The highest BCUT2D eigenvalue weighted by atomic mass is 32.1. The molecule has 0 amide bonds. The molecule has 2 nitrogen and oxygen atoms in total. The molecule has 0 radical (unpaired) electrons. The molecule has 2 aliphatic rings. The Bertz CT molecular complexity index is 373. The van der Waals surface area contributed by atoms with Crippen LogP contribution in [0.15, 0.2) is 5.38 Å². The Balaban J connectivity index is 1.78. The predicted octanol–water partition coefficient (Wildman–Crippen LogP) is 3.92. The van der Waals surface area contributed by atoms with E-state index in [0.29, 0.717) is 0 Å². The normalized spacial score (nSPS) is 25.2. The van der Waals surface area contributed by atoms with E-state index in [4.69, 9.17) is 10.7 Å². The minimum Gasteiger partial charge on any atom is -0.319 e. The van der Waals surface area contributed by atoms with E-state index in [9.17, 15) is 0 Å². The van der Waals surface area contributed by atoms with E-state index >= 15 is 0 Å². The molecule has 1 heterocycles. The van der Waals surface area contributed by atoms with Crippen LogP contribution in [0.3, 0.4) is 0 Å². The standard InChI is InChI=1S/C14H22N2S/c15-14(8-4-1-5-9-14)13-16-12(10-17-13)11-6-2-3-7-11/h10-11H,1-9,15H2. The highest BCUT2D eigenvalue weighted by Crippen LogP contribution is 2.39. The second-order valence-electron chi connectivity index (χ2n) is 5.78. The lowest BCUT2D eigenvalue weighted by Gasteiger charge is -2.31. The molecule has 2 saturated carbocycles. The predicted molar refractivity (Wildman–Crippen MR) is 72.3 cm³/mol. The van der Waals surface area contributed by atoms with E-state index in [0.717, 1.165) is 18.8 Å². The van der Waals surface area contributed by atoms with Crippen molar-refractivity contribution in [3.8, 4) is 0 Å². The van der Waals surface area contributed by atoms with Crippen LogP contribution in [-0.2, 0) is 5.54 Å². The molecule has 2 aliphatic carbocycles. The fourth-order valence-corrected chi connectivity index (χ4v) is 4.39. The van der Waals surface area contributed by atoms with Gasteiger partial charge in [0, 0.05) is 11.3 Å². The highest BCUT2D eigenvalue weighted by Gasteiger charge is 2.33. The number of hydrogen-bond donors (Lipinski definition) is 1. The Kier molecular flexibility index (Phi) is 3.22. The molecule has 0 aromatic carbocycles. The average molecular weight is 250 g/mol. The summed E-state index contributed by atoms with van der Waals surface area (Å²) in [5.74, 6) is 0.729.